The highest BCUT2D eigenvalue weighted by atomic mass is 32.2. The Kier molecular flexibility index (Phi) is 3.98. The van der Waals surface area contributed by atoms with Gasteiger partial charge in [-0.1, -0.05) is 18.2 Å². The quantitative estimate of drug-likeness (QED) is 0.616. The summed E-state index contributed by atoms with van der Waals surface area (Å²) in [5.41, 5.74) is 11.7. The van der Waals surface area contributed by atoms with Gasteiger partial charge in [-0.05, 0) is 11.6 Å². The van der Waals surface area contributed by atoms with Crippen LogP contribution in [0.3, 0.4) is 0 Å². The van der Waals surface area contributed by atoms with Crippen molar-refractivity contribution in [3.8, 4) is 0 Å². The second kappa shape index (κ2) is 5.39. The molecule has 8 heteroatoms. The molecule has 0 aromatic heterocycles. The van der Waals surface area contributed by atoms with Crippen LogP contribution in [0.15, 0.2) is 24.3 Å². The van der Waals surface area contributed by atoms with Crippen molar-refractivity contribution in [3.05, 3.63) is 29.8 Å². The number of hydrogen-bond donors (Lipinski definition) is 3. The third-order valence-corrected chi connectivity index (χ3v) is 5.11. The van der Waals surface area contributed by atoms with Gasteiger partial charge in [-0.15, -0.1) is 0 Å². The molecule has 1 heterocycles. The first kappa shape index (κ1) is 14.8. The fraction of sp³-hybridized carbons (Fsp3) is 0.417. The van der Waals surface area contributed by atoms with Gasteiger partial charge in [0.15, 0.2) is 0 Å². The fourth-order valence-electron chi connectivity index (χ4n) is 2.30. The highest BCUT2D eigenvalue weighted by Crippen LogP contribution is 2.25. The molecule has 20 heavy (non-hydrogen) atoms. The van der Waals surface area contributed by atoms with E-state index in [2.05, 4.69) is 0 Å². The summed E-state index contributed by atoms with van der Waals surface area (Å²) in [5.74, 6) is -1.08. The third kappa shape index (κ3) is 2.92. The first-order valence-corrected chi connectivity index (χ1v) is 7.72. The maximum Gasteiger partial charge on any atom is 0.235 e. The van der Waals surface area contributed by atoms with Crippen LogP contribution in [0.2, 0.25) is 0 Å². The molecule has 0 bridgehead atoms. The molecule has 1 amide bonds. The fourth-order valence-corrected chi connectivity index (χ4v) is 4.09. The van der Waals surface area contributed by atoms with E-state index in [4.69, 9.17) is 11.5 Å². The summed E-state index contributed by atoms with van der Waals surface area (Å²) in [4.78, 5) is 11.3. The highest BCUT2D eigenvalue weighted by molar-refractivity contribution is 7.88. The van der Waals surface area contributed by atoms with Gasteiger partial charge in [0.25, 0.3) is 0 Å². The highest BCUT2D eigenvalue weighted by Gasteiger charge is 2.41. The number of nitrogens with zero attached hydrogens (tertiary/aromatic N) is 1. The van der Waals surface area contributed by atoms with E-state index in [-0.39, 0.29) is 18.7 Å². The third-order valence-electron chi connectivity index (χ3n) is 3.31. The molecule has 1 saturated heterocycles. The number of anilines is 1. The molecule has 0 radical (unpaired) electrons. The standard InChI is InChI=1S/C12H17N3O4S/c13-10-4-2-1-3-8(10)7-20(18,19)15-6-9(16)5-11(15)12(14)17/h1-4,9,11,16H,5-7,13H2,(H2,14,17). The molecule has 2 atom stereocenters. The molecule has 2 unspecified atom stereocenters. The van der Waals surface area contributed by atoms with Gasteiger partial charge >= 0.3 is 0 Å². The van der Waals surface area contributed by atoms with Gasteiger partial charge < -0.3 is 16.6 Å². The molecule has 1 fully saturated rings. The van der Waals surface area contributed by atoms with Crippen molar-refractivity contribution >= 4 is 21.6 Å². The number of β-amino-alcohol motifs (C(OH)–C–C–N with tert-alkyl or cyclic N) is 1. The SMILES string of the molecule is NC(=O)C1CC(O)CN1S(=O)(=O)Cc1ccccc1N. The van der Waals surface area contributed by atoms with Crippen molar-refractivity contribution in [3.63, 3.8) is 0 Å². The minimum Gasteiger partial charge on any atom is -0.398 e. The van der Waals surface area contributed by atoms with Gasteiger partial charge in [0.1, 0.15) is 6.04 Å². The molecule has 1 aliphatic heterocycles. The minimum absolute atomic E-state index is 0.0266. The van der Waals surface area contributed by atoms with E-state index in [9.17, 15) is 18.3 Å². The van der Waals surface area contributed by atoms with Crippen LogP contribution in [-0.4, -0.2) is 42.4 Å². The Morgan fingerprint density at radius 1 is 1.40 bits per heavy atom. The Bertz CT molecular complexity index is 617. The molecule has 0 saturated carbocycles. The second-order valence-electron chi connectivity index (χ2n) is 4.83. The molecule has 1 aromatic rings. The number of para-hydroxylation sites is 1. The molecule has 0 aliphatic carbocycles. The lowest BCUT2D eigenvalue weighted by atomic mass is 10.2. The summed E-state index contributed by atoms with van der Waals surface area (Å²) < 4.78 is 25.7. The van der Waals surface area contributed by atoms with Crippen LogP contribution in [-0.2, 0) is 20.6 Å². The Morgan fingerprint density at radius 3 is 2.65 bits per heavy atom. The number of benzene rings is 1. The van der Waals surface area contributed by atoms with E-state index in [0.717, 1.165) is 4.31 Å². The van der Waals surface area contributed by atoms with Crippen LogP contribution >= 0.6 is 0 Å². The number of carbonyl (C=O) groups excluding carboxylic acids is 1. The number of carbonyl (C=O) groups is 1. The lowest BCUT2D eigenvalue weighted by molar-refractivity contribution is -0.121. The van der Waals surface area contributed by atoms with Crippen LogP contribution in [0.25, 0.3) is 0 Å². The number of aliphatic hydroxyl groups excluding tert-OH is 1. The van der Waals surface area contributed by atoms with Crippen molar-refractivity contribution in [1.29, 1.82) is 0 Å². The van der Waals surface area contributed by atoms with Gasteiger partial charge in [-0.2, -0.15) is 4.31 Å². The van der Waals surface area contributed by atoms with Crippen molar-refractivity contribution < 1.29 is 18.3 Å². The van der Waals surface area contributed by atoms with E-state index in [0.29, 0.717) is 11.3 Å². The first-order chi connectivity index (χ1) is 9.31. The van der Waals surface area contributed by atoms with Gasteiger partial charge in [0.2, 0.25) is 15.9 Å². The second-order valence-corrected chi connectivity index (χ2v) is 6.75. The summed E-state index contributed by atoms with van der Waals surface area (Å²) in [6.07, 6.45) is -0.853. The Balaban J connectivity index is 2.26. The number of rotatable bonds is 4. The first-order valence-electron chi connectivity index (χ1n) is 6.11. The number of sulfonamides is 1. The number of nitrogens with two attached hydrogens (primary N) is 2. The smallest absolute Gasteiger partial charge is 0.235 e. The lowest BCUT2D eigenvalue weighted by Crippen LogP contribution is -2.44. The average molecular weight is 299 g/mol. The van der Waals surface area contributed by atoms with Crippen LogP contribution in [0.5, 0.6) is 0 Å². The molecular weight excluding hydrogens is 282 g/mol. The summed E-state index contributed by atoms with van der Waals surface area (Å²) in [6.45, 7) is -0.122. The Hall–Kier alpha value is -1.64. The molecule has 110 valence electrons. The zero-order valence-corrected chi connectivity index (χ0v) is 11.6. The molecule has 1 aromatic carbocycles. The number of primary amides is 1. The predicted molar refractivity (Wildman–Crippen MR) is 73.8 cm³/mol. The molecule has 0 spiro atoms. The Morgan fingerprint density at radius 2 is 2.05 bits per heavy atom. The Labute approximate surface area is 117 Å². The number of amides is 1. The van der Waals surface area contributed by atoms with Crippen molar-refractivity contribution in [1.82, 2.24) is 4.31 Å². The number of hydrogen-bond acceptors (Lipinski definition) is 5. The molecule has 1 aliphatic rings. The van der Waals surface area contributed by atoms with Gasteiger partial charge in [0, 0.05) is 18.7 Å². The normalized spacial score (nSPS) is 23.9. The largest absolute Gasteiger partial charge is 0.398 e. The van der Waals surface area contributed by atoms with Gasteiger partial charge in [0.05, 0.1) is 11.9 Å². The van der Waals surface area contributed by atoms with Crippen LogP contribution < -0.4 is 11.5 Å². The summed E-state index contributed by atoms with van der Waals surface area (Å²) in [7, 11) is -3.77. The average Bonchev–Trinajstić information content (AvgIpc) is 2.75. The number of nitrogen functional groups attached to an aromatic ring is 1. The van der Waals surface area contributed by atoms with Gasteiger partial charge in [-0.25, -0.2) is 8.42 Å². The van der Waals surface area contributed by atoms with E-state index in [1.807, 2.05) is 0 Å². The van der Waals surface area contributed by atoms with E-state index >= 15 is 0 Å². The topological polar surface area (TPSA) is 127 Å². The molecular formula is C12H17N3O4S. The molecule has 2 rings (SSSR count). The van der Waals surface area contributed by atoms with Crippen LogP contribution in [0, 0.1) is 0 Å². The number of aliphatic hydroxyl groups is 1. The zero-order chi connectivity index (χ0) is 14.9. The molecule has 5 N–H and O–H groups in total. The lowest BCUT2D eigenvalue weighted by Gasteiger charge is -2.21. The zero-order valence-electron chi connectivity index (χ0n) is 10.8. The predicted octanol–water partition coefficient (Wildman–Crippen LogP) is -0.981. The van der Waals surface area contributed by atoms with Crippen molar-refractivity contribution in [2.45, 2.75) is 24.3 Å². The van der Waals surface area contributed by atoms with Crippen LogP contribution in [0.4, 0.5) is 5.69 Å². The van der Waals surface area contributed by atoms with E-state index in [1.165, 1.54) is 0 Å². The van der Waals surface area contributed by atoms with Gasteiger partial charge in [-0.3, -0.25) is 4.79 Å². The minimum atomic E-state index is -3.77. The summed E-state index contributed by atoms with van der Waals surface area (Å²) >= 11 is 0. The van der Waals surface area contributed by atoms with E-state index < -0.39 is 28.1 Å². The summed E-state index contributed by atoms with van der Waals surface area (Å²) in [5, 5.41) is 9.56. The maximum atomic E-state index is 12.4. The van der Waals surface area contributed by atoms with Crippen molar-refractivity contribution in [2.24, 2.45) is 5.73 Å². The van der Waals surface area contributed by atoms with Crippen molar-refractivity contribution in [2.75, 3.05) is 12.3 Å². The molecule has 7 nitrogen and oxygen atoms in total. The summed E-state index contributed by atoms with van der Waals surface area (Å²) in [6, 6.07) is 5.61. The van der Waals surface area contributed by atoms with E-state index in [1.54, 1.807) is 24.3 Å². The monoisotopic (exact) mass is 299 g/mol. The maximum absolute atomic E-state index is 12.4. The van der Waals surface area contributed by atoms with Crippen LogP contribution in [0.1, 0.15) is 12.0 Å².